The van der Waals surface area contributed by atoms with Crippen molar-refractivity contribution in [1.29, 1.82) is 0 Å². The van der Waals surface area contributed by atoms with Crippen molar-refractivity contribution in [2.24, 2.45) is 0 Å². The predicted molar refractivity (Wildman–Crippen MR) is 62.9 cm³/mol. The van der Waals surface area contributed by atoms with E-state index in [1.807, 2.05) is 6.92 Å². The highest BCUT2D eigenvalue weighted by Crippen LogP contribution is 2.15. The van der Waals surface area contributed by atoms with Gasteiger partial charge in [0.15, 0.2) is 0 Å². The van der Waals surface area contributed by atoms with Crippen LogP contribution in [0.1, 0.15) is 36.5 Å². The van der Waals surface area contributed by atoms with Gasteiger partial charge in [0, 0.05) is 12.6 Å². The molecule has 0 bridgehead atoms. The van der Waals surface area contributed by atoms with Gasteiger partial charge >= 0.3 is 0 Å². The van der Waals surface area contributed by atoms with Crippen molar-refractivity contribution < 1.29 is 14.5 Å². The first kappa shape index (κ1) is 13.8. The molecule has 7 nitrogen and oxygen atoms in total. The van der Waals surface area contributed by atoms with E-state index in [0.717, 1.165) is 12.6 Å². The molecule has 18 heavy (non-hydrogen) atoms. The smallest absolute Gasteiger partial charge is 0.292 e. The van der Waals surface area contributed by atoms with Crippen LogP contribution >= 0.6 is 0 Å². The number of carbonyl (C=O) groups excluding carboxylic acids is 2. The third-order valence-electron chi connectivity index (χ3n) is 2.25. The van der Waals surface area contributed by atoms with Crippen LogP contribution in [0.15, 0.2) is 18.5 Å². The molecule has 2 amide bonds. The van der Waals surface area contributed by atoms with E-state index in [4.69, 9.17) is 0 Å². The van der Waals surface area contributed by atoms with Crippen LogP contribution in [0.4, 0.5) is 5.69 Å². The molecule has 0 radical (unpaired) electrons. The third-order valence-corrected chi connectivity index (χ3v) is 2.25. The third kappa shape index (κ3) is 3.62. The number of nitrogens with zero attached hydrogens (tertiary/aromatic N) is 2. The van der Waals surface area contributed by atoms with Gasteiger partial charge in [-0.2, -0.15) is 0 Å². The second-order valence-corrected chi connectivity index (χ2v) is 3.63. The maximum Gasteiger partial charge on any atom is 0.300 e. The zero-order valence-electron chi connectivity index (χ0n) is 9.88. The highest BCUT2D eigenvalue weighted by molar-refractivity contribution is 6.06. The Morgan fingerprint density at radius 3 is 2.83 bits per heavy atom. The molecule has 0 saturated heterocycles. The van der Waals surface area contributed by atoms with Crippen LogP contribution in [0.3, 0.4) is 0 Å². The molecule has 0 saturated carbocycles. The van der Waals surface area contributed by atoms with Crippen molar-refractivity contribution in [3.8, 4) is 0 Å². The van der Waals surface area contributed by atoms with Crippen LogP contribution in [-0.4, -0.2) is 21.7 Å². The molecule has 0 fully saturated rings. The number of unbranched alkanes of at least 4 members (excludes halogenated alkanes) is 1. The molecule has 1 rings (SSSR count). The molecule has 0 aliphatic rings. The Kier molecular flexibility index (Phi) is 4.91. The molecule has 0 aliphatic heterocycles. The molecule has 0 unspecified atom stereocenters. The van der Waals surface area contributed by atoms with Crippen LogP contribution in [0.2, 0.25) is 0 Å². The Bertz CT molecular complexity index is 473. The van der Waals surface area contributed by atoms with E-state index in [9.17, 15) is 19.7 Å². The van der Waals surface area contributed by atoms with E-state index in [1.165, 1.54) is 12.3 Å². The zero-order valence-corrected chi connectivity index (χ0v) is 9.88. The van der Waals surface area contributed by atoms with E-state index >= 15 is 0 Å². The number of hydrogen-bond donors (Lipinski definition) is 1. The van der Waals surface area contributed by atoms with Gasteiger partial charge in [-0.3, -0.25) is 30.0 Å². The number of amides is 2. The number of nitrogens with one attached hydrogen (secondary N) is 1. The van der Waals surface area contributed by atoms with Gasteiger partial charge in [0.2, 0.25) is 5.91 Å². The van der Waals surface area contributed by atoms with Crippen molar-refractivity contribution in [3.63, 3.8) is 0 Å². The van der Waals surface area contributed by atoms with Gasteiger partial charge < -0.3 is 0 Å². The number of nitro groups is 1. The summed E-state index contributed by atoms with van der Waals surface area (Å²) in [7, 11) is 0. The minimum Gasteiger partial charge on any atom is -0.292 e. The summed E-state index contributed by atoms with van der Waals surface area (Å²) >= 11 is 0. The minimum atomic E-state index is -0.773. The molecule has 1 aromatic heterocycles. The van der Waals surface area contributed by atoms with Crippen LogP contribution in [-0.2, 0) is 4.79 Å². The number of pyridine rings is 1. The standard InChI is InChI=1S/C11H13N3O4/c1-2-3-4-10(15)13-11(16)8-5-6-12-7-9(8)14(17)18/h5-7H,2-4H2,1H3,(H,13,15,16). The zero-order chi connectivity index (χ0) is 13.5. The summed E-state index contributed by atoms with van der Waals surface area (Å²) in [6.07, 6.45) is 3.96. The fourth-order valence-electron chi connectivity index (χ4n) is 1.32. The summed E-state index contributed by atoms with van der Waals surface area (Å²) < 4.78 is 0. The summed E-state index contributed by atoms with van der Waals surface area (Å²) in [5.74, 6) is -1.21. The number of rotatable bonds is 5. The molecule has 96 valence electrons. The van der Waals surface area contributed by atoms with Crippen LogP contribution < -0.4 is 5.32 Å². The lowest BCUT2D eigenvalue weighted by Crippen LogP contribution is -2.30. The first-order valence-corrected chi connectivity index (χ1v) is 5.48. The Labute approximate surface area is 103 Å². The topological polar surface area (TPSA) is 102 Å². The maximum atomic E-state index is 11.7. The predicted octanol–water partition coefficient (Wildman–Crippen LogP) is 1.44. The van der Waals surface area contributed by atoms with Gasteiger partial charge in [-0.1, -0.05) is 13.3 Å². The van der Waals surface area contributed by atoms with Gasteiger partial charge in [-0.05, 0) is 12.5 Å². The van der Waals surface area contributed by atoms with E-state index in [1.54, 1.807) is 0 Å². The fraction of sp³-hybridized carbons (Fsp3) is 0.364. The van der Waals surface area contributed by atoms with Gasteiger partial charge in [0.1, 0.15) is 11.8 Å². The minimum absolute atomic E-state index is 0.167. The molecular weight excluding hydrogens is 238 g/mol. The van der Waals surface area contributed by atoms with Crippen LogP contribution in [0.5, 0.6) is 0 Å². The largest absolute Gasteiger partial charge is 0.300 e. The summed E-state index contributed by atoms with van der Waals surface area (Å²) in [5, 5.41) is 12.8. The quantitative estimate of drug-likeness (QED) is 0.630. The Morgan fingerprint density at radius 2 is 2.22 bits per heavy atom. The van der Waals surface area contributed by atoms with E-state index in [0.29, 0.717) is 6.42 Å². The monoisotopic (exact) mass is 251 g/mol. The number of hydrogen-bond acceptors (Lipinski definition) is 5. The van der Waals surface area contributed by atoms with Crippen molar-refractivity contribution in [3.05, 3.63) is 34.1 Å². The molecule has 0 spiro atoms. The first-order valence-electron chi connectivity index (χ1n) is 5.48. The lowest BCUT2D eigenvalue weighted by Gasteiger charge is -2.03. The summed E-state index contributed by atoms with van der Waals surface area (Å²) in [6.45, 7) is 1.92. The molecule has 0 aromatic carbocycles. The van der Waals surface area contributed by atoms with Crippen molar-refractivity contribution in [1.82, 2.24) is 10.3 Å². The number of aromatic nitrogens is 1. The van der Waals surface area contributed by atoms with Crippen molar-refractivity contribution in [2.45, 2.75) is 26.2 Å². The highest BCUT2D eigenvalue weighted by Gasteiger charge is 2.21. The van der Waals surface area contributed by atoms with Crippen LogP contribution in [0.25, 0.3) is 0 Å². The van der Waals surface area contributed by atoms with Gasteiger partial charge in [-0.25, -0.2) is 0 Å². The van der Waals surface area contributed by atoms with Crippen molar-refractivity contribution in [2.75, 3.05) is 0 Å². The molecule has 0 aliphatic carbocycles. The average Bonchev–Trinajstić information content (AvgIpc) is 2.36. The van der Waals surface area contributed by atoms with Gasteiger partial charge in [0.05, 0.1) is 4.92 Å². The normalized spacial score (nSPS) is 9.83. The first-order chi connectivity index (χ1) is 8.56. The second kappa shape index (κ2) is 6.43. The van der Waals surface area contributed by atoms with Gasteiger partial charge in [-0.15, -0.1) is 0 Å². The summed E-state index contributed by atoms with van der Waals surface area (Å²) in [4.78, 5) is 36.6. The fourth-order valence-corrected chi connectivity index (χ4v) is 1.32. The lowest BCUT2D eigenvalue weighted by molar-refractivity contribution is -0.385. The summed E-state index contributed by atoms with van der Waals surface area (Å²) in [6, 6.07) is 1.21. The van der Waals surface area contributed by atoms with Crippen molar-refractivity contribution >= 4 is 17.5 Å². The molecular formula is C11H13N3O4. The van der Waals surface area contributed by atoms with E-state index < -0.39 is 22.4 Å². The Hall–Kier alpha value is -2.31. The molecule has 0 atom stereocenters. The number of imide groups is 1. The molecule has 1 N–H and O–H groups in total. The Balaban J connectivity index is 2.78. The number of carbonyl (C=O) groups is 2. The lowest BCUT2D eigenvalue weighted by atomic mass is 10.2. The molecule has 1 aromatic rings. The van der Waals surface area contributed by atoms with E-state index in [2.05, 4.69) is 10.3 Å². The molecule has 1 heterocycles. The second-order valence-electron chi connectivity index (χ2n) is 3.63. The Morgan fingerprint density at radius 1 is 1.50 bits per heavy atom. The maximum absolute atomic E-state index is 11.7. The highest BCUT2D eigenvalue weighted by atomic mass is 16.6. The van der Waals surface area contributed by atoms with E-state index in [-0.39, 0.29) is 12.0 Å². The SMILES string of the molecule is CCCCC(=O)NC(=O)c1ccncc1[N+](=O)[O-]. The molecule has 7 heteroatoms. The summed E-state index contributed by atoms with van der Waals surface area (Å²) in [5.41, 5.74) is -0.585. The van der Waals surface area contributed by atoms with Crippen LogP contribution in [0, 0.1) is 10.1 Å². The average molecular weight is 251 g/mol. The van der Waals surface area contributed by atoms with Gasteiger partial charge in [0.25, 0.3) is 11.6 Å².